The first kappa shape index (κ1) is 25.7. The summed E-state index contributed by atoms with van der Waals surface area (Å²) in [5.41, 5.74) is 5.40. The number of alkyl halides is 3. The molecule has 0 saturated heterocycles. The van der Waals surface area contributed by atoms with Crippen molar-refractivity contribution in [3.8, 4) is 0 Å². The van der Waals surface area contributed by atoms with E-state index in [9.17, 15) is 22.8 Å². The van der Waals surface area contributed by atoms with Crippen LogP contribution in [0.1, 0.15) is 84.0 Å². The highest BCUT2D eigenvalue weighted by atomic mass is 19.4. The van der Waals surface area contributed by atoms with Gasteiger partial charge in [0.15, 0.2) is 0 Å². The number of rotatable bonds is 16. The Bertz CT molecular complexity index is 404. The van der Waals surface area contributed by atoms with Gasteiger partial charge >= 0.3 is 12.1 Å². The van der Waals surface area contributed by atoms with Crippen LogP contribution < -0.4 is 11.1 Å². The lowest BCUT2D eigenvalue weighted by molar-refractivity contribution is -0.200. The van der Waals surface area contributed by atoms with E-state index >= 15 is 0 Å². The van der Waals surface area contributed by atoms with E-state index in [0.29, 0.717) is 6.54 Å². The number of amides is 1. The highest BCUT2D eigenvalue weighted by Crippen LogP contribution is 2.16. The van der Waals surface area contributed by atoms with Crippen LogP contribution in [0.25, 0.3) is 0 Å². The lowest BCUT2D eigenvalue weighted by atomic mass is 10.1. The van der Waals surface area contributed by atoms with Gasteiger partial charge in [0.1, 0.15) is 12.6 Å². The predicted octanol–water partition coefficient (Wildman–Crippen LogP) is 4.24. The highest BCUT2D eigenvalue weighted by molar-refractivity contribution is 5.82. The molecule has 0 aromatic heterocycles. The normalized spacial score (nSPS) is 12.6. The summed E-state index contributed by atoms with van der Waals surface area (Å²) in [4.78, 5) is 22.1. The second-order valence-corrected chi connectivity index (χ2v) is 6.88. The Kier molecular flexibility index (Phi) is 15.0. The summed E-state index contributed by atoms with van der Waals surface area (Å²) in [6, 6.07) is -1.30. The van der Waals surface area contributed by atoms with E-state index in [1.54, 1.807) is 0 Å². The van der Waals surface area contributed by atoms with Gasteiger partial charge in [-0.3, -0.25) is 4.79 Å². The SMILES string of the molecule is CCCCCCCCCCCCCCNC(=O)C(N)COC(=O)C(F)(F)F. The van der Waals surface area contributed by atoms with Crippen molar-refractivity contribution >= 4 is 11.9 Å². The van der Waals surface area contributed by atoms with Crippen molar-refractivity contribution in [3.63, 3.8) is 0 Å². The largest absolute Gasteiger partial charge is 0.490 e. The summed E-state index contributed by atoms with van der Waals surface area (Å²) in [5.74, 6) is -2.96. The molecule has 0 aromatic carbocycles. The van der Waals surface area contributed by atoms with Gasteiger partial charge in [0.25, 0.3) is 0 Å². The Balaban J connectivity index is 3.46. The molecule has 0 saturated carbocycles. The van der Waals surface area contributed by atoms with Crippen LogP contribution in [0.2, 0.25) is 0 Å². The average Bonchev–Trinajstić information content (AvgIpc) is 2.62. The number of nitrogens with two attached hydrogens (primary N) is 1. The number of nitrogens with one attached hydrogen (secondary N) is 1. The fourth-order valence-electron chi connectivity index (χ4n) is 2.63. The van der Waals surface area contributed by atoms with Gasteiger partial charge in [0.05, 0.1) is 0 Å². The molecule has 3 N–H and O–H groups in total. The Morgan fingerprint density at radius 3 is 1.78 bits per heavy atom. The first-order chi connectivity index (χ1) is 12.8. The lowest BCUT2D eigenvalue weighted by Gasteiger charge is -2.13. The average molecular weight is 396 g/mol. The highest BCUT2D eigenvalue weighted by Gasteiger charge is 2.41. The minimum Gasteiger partial charge on any atom is -0.457 e. The minimum atomic E-state index is -5.08. The van der Waals surface area contributed by atoms with Gasteiger partial charge in [-0.05, 0) is 6.42 Å². The quantitative estimate of drug-likeness (QED) is 0.302. The van der Waals surface area contributed by atoms with E-state index < -0.39 is 30.7 Å². The number of ether oxygens (including phenoxy) is 1. The summed E-state index contributed by atoms with van der Waals surface area (Å²) in [6.45, 7) is 1.84. The number of carbonyl (C=O) groups is 2. The van der Waals surface area contributed by atoms with Crippen molar-refractivity contribution < 1.29 is 27.5 Å². The molecule has 1 amide bonds. The van der Waals surface area contributed by atoms with Crippen LogP contribution in [0, 0.1) is 0 Å². The van der Waals surface area contributed by atoms with Gasteiger partial charge in [-0.2, -0.15) is 13.2 Å². The summed E-state index contributed by atoms with van der Waals surface area (Å²) < 4.78 is 39.9. The predicted molar refractivity (Wildman–Crippen MR) is 99.1 cm³/mol. The van der Waals surface area contributed by atoms with Gasteiger partial charge in [-0.15, -0.1) is 0 Å². The molecule has 0 aliphatic heterocycles. The van der Waals surface area contributed by atoms with Crippen molar-refractivity contribution in [2.75, 3.05) is 13.2 Å². The molecule has 0 aliphatic carbocycles. The van der Waals surface area contributed by atoms with Crippen LogP contribution in [0.4, 0.5) is 13.2 Å². The van der Waals surface area contributed by atoms with E-state index in [-0.39, 0.29) is 0 Å². The number of halogens is 3. The van der Waals surface area contributed by atoms with Crippen molar-refractivity contribution in [1.29, 1.82) is 0 Å². The van der Waals surface area contributed by atoms with E-state index in [4.69, 9.17) is 5.73 Å². The van der Waals surface area contributed by atoms with Gasteiger partial charge < -0.3 is 15.8 Å². The van der Waals surface area contributed by atoms with Crippen molar-refractivity contribution in [1.82, 2.24) is 5.32 Å². The zero-order chi connectivity index (χ0) is 20.5. The first-order valence-electron chi connectivity index (χ1n) is 10.1. The fourth-order valence-corrected chi connectivity index (χ4v) is 2.63. The zero-order valence-corrected chi connectivity index (χ0v) is 16.4. The Labute approximate surface area is 160 Å². The number of hydrogen-bond acceptors (Lipinski definition) is 4. The zero-order valence-electron chi connectivity index (χ0n) is 16.4. The van der Waals surface area contributed by atoms with Gasteiger partial charge in [-0.1, -0.05) is 77.6 Å². The molecular formula is C19H35F3N2O3. The van der Waals surface area contributed by atoms with Crippen LogP contribution in [0.5, 0.6) is 0 Å². The maximum Gasteiger partial charge on any atom is 0.490 e. The second-order valence-electron chi connectivity index (χ2n) is 6.88. The second kappa shape index (κ2) is 15.7. The smallest absolute Gasteiger partial charge is 0.457 e. The molecule has 0 radical (unpaired) electrons. The van der Waals surface area contributed by atoms with Gasteiger partial charge in [0, 0.05) is 6.54 Å². The number of carbonyl (C=O) groups excluding carboxylic acids is 2. The molecule has 0 spiro atoms. The van der Waals surface area contributed by atoms with E-state index in [0.717, 1.165) is 19.3 Å². The van der Waals surface area contributed by atoms with Crippen LogP contribution in [-0.4, -0.2) is 37.2 Å². The minimum absolute atomic E-state index is 0.414. The van der Waals surface area contributed by atoms with Crippen molar-refractivity contribution in [2.45, 2.75) is 96.2 Å². The van der Waals surface area contributed by atoms with E-state index in [2.05, 4.69) is 17.0 Å². The van der Waals surface area contributed by atoms with Gasteiger partial charge in [0.2, 0.25) is 5.91 Å². The fraction of sp³-hybridized carbons (Fsp3) is 0.895. The molecule has 27 heavy (non-hydrogen) atoms. The molecule has 1 atom stereocenters. The van der Waals surface area contributed by atoms with Crippen molar-refractivity contribution in [2.24, 2.45) is 5.73 Å². The molecular weight excluding hydrogens is 361 g/mol. The first-order valence-corrected chi connectivity index (χ1v) is 10.1. The number of hydrogen-bond donors (Lipinski definition) is 2. The number of esters is 1. The Morgan fingerprint density at radius 1 is 0.889 bits per heavy atom. The van der Waals surface area contributed by atoms with Crippen LogP contribution in [0.3, 0.4) is 0 Å². The monoisotopic (exact) mass is 396 g/mol. The Hall–Kier alpha value is -1.31. The van der Waals surface area contributed by atoms with Crippen LogP contribution >= 0.6 is 0 Å². The van der Waals surface area contributed by atoms with Crippen LogP contribution in [0.15, 0.2) is 0 Å². The molecule has 0 fully saturated rings. The maximum atomic E-state index is 12.0. The Morgan fingerprint density at radius 2 is 1.33 bits per heavy atom. The summed E-state index contributed by atoms with van der Waals surface area (Å²) in [7, 11) is 0. The maximum absolute atomic E-state index is 12.0. The third kappa shape index (κ3) is 15.4. The molecule has 5 nitrogen and oxygen atoms in total. The topological polar surface area (TPSA) is 81.4 Å². The molecule has 8 heteroatoms. The molecule has 160 valence electrons. The van der Waals surface area contributed by atoms with Crippen LogP contribution in [-0.2, 0) is 14.3 Å². The summed E-state index contributed by atoms with van der Waals surface area (Å²) in [5, 5.41) is 2.54. The molecule has 0 bridgehead atoms. The third-order valence-electron chi connectivity index (χ3n) is 4.29. The molecule has 0 aliphatic rings. The third-order valence-corrected chi connectivity index (χ3v) is 4.29. The molecule has 1 unspecified atom stereocenters. The number of unbranched alkanes of at least 4 members (excludes halogenated alkanes) is 11. The summed E-state index contributed by atoms with van der Waals surface area (Å²) in [6.07, 6.45) is 9.39. The van der Waals surface area contributed by atoms with Gasteiger partial charge in [-0.25, -0.2) is 4.79 Å². The molecule has 0 rings (SSSR count). The molecule has 0 heterocycles. The standard InChI is InChI=1S/C19H35F3N2O3/c1-2-3-4-5-6-7-8-9-10-11-12-13-14-24-17(25)16(23)15-27-18(26)19(20,21)22/h16H,2-15,23H2,1H3,(H,24,25). The summed E-state index contributed by atoms with van der Waals surface area (Å²) >= 11 is 0. The van der Waals surface area contributed by atoms with Crippen molar-refractivity contribution in [3.05, 3.63) is 0 Å². The molecule has 0 aromatic rings. The van der Waals surface area contributed by atoms with E-state index in [1.165, 1.54) is 57.8 Å². The lowest BCUT2D eigenvalue weighted by Crippen LogP contribution is -2.45. The van der Waals surface area contributed by atoms with E-state index in [1.807, 2.05) is 0 Å².